The van der Waals surface area contributed by atoms with Gasteiger partial charge in [0.1, 0.15) is 0 Å². The fourth-order valence-corrected chi connectivity index (χ4v) is 3.28. The summed E-state index contributed by atoms with van der Waals surface area (Å²) in [5.41, 5.74) is 9.09. The van der Waals surface area contributed by atoms with Crippen LogP contribution in [-0.4, -0.2) is 48.0 Å². The van der Waals surface area contributed by atoms with Crippen molar-refractivity contribution in [3.05, 3.63) is 36.0 Å². The predicted molar refractivity (Wildman–Crippen MR) is 88.1 cm³/mol. The predicted octanol–water partition coefficient (Wildman–Crippen LogP) is 2.34. The monoisotopic (exact) mass is 284 g/mol. The second kappa shape index (κ2) is 6.00. The number of benzene rings is 1. The molecule has 112 valence electrons. The lowest BCUT2D eigenvalue weighted by molar-refractivity contribution is 0.199. The summed E-state index contributed by atoms with van der Waals surface area (Å²) in [6.07, 6.45) is 2.56. The van der Waals surface area contributed by atoms with Crippen molar-refractivity contribution in [3.63, 3.8) is 0 Å². The highest BCUT2D eigenvalue weighted by Crippen LogP contribution is 2.24. The van der Waals surface area contributed by atoms with E-state index in [0.29, 0.717) is 6.04 Å². The summed E-state index contributed by atoms with van der Waals surface area (Å²) in [4.78, 5) is 9.59. The van der Waals surface area contributed by atoms with Crippen LogP contribution in [0, 0.1) is 0 Å². The number of para-hydroxylation sites is 1. The fraction of sp³-hybridized carbons (Fsp3) is 0.471. The Morgan fingerprint density at radius 1 is 1.33 bits per heavy atom. The highest BCUT2D eigenvalue weighted by Gasteiger charge is 2.25. The lowest BCUT2D eigenvalue weighted by atomic mass is 10.1. The van der Waals surface area contributed by atoms with Crippen molar-refractivity contribution < 1.29 is 0 Å². The van der Waals surface area contributed by atoms with Crippen molar-refractivity contribution in [1.29, 1.82) is 0 Å². The minimum absolute atomic E-state index is 0.634. The van der Waals surface area contributed by atoms with Gasteiger partial charge in [0, 0.05) is 30.2 Å². The average Bonchev–Trinajstić information content (AvgIpc) is 2.85. The van der Waals surface area contributed by atoms with Crippen LogP contribution in [0.15, 0.2) is 30.3 Å². The number of nitrogens with zero attached hydrogens (tertiary/aromatic N) is 3. The number of aromatic nitrogens is 1. The second-order valence-electron chi connectivity index (χ2n) is 6.25. The Hall–Kier alpha value is -1.65. The van der Waals surface area contributed by atoms with Crippen molar-refractivity contribution in [2.75, 3.05) is 32.9 Å². The van der Waals surface area contributed by atoms with Crippen molar-refractivity contribution in [1.82, 2.24) is 14.8 Å². The van der Waals surface area contributed by atoms with Gasteiger partial charge in [-0.1, -0.05) is 18.2 Å². The highest BCUT2D eigenvalue weighted by molar-refractivity contribution is 5.90. The first-order valence-corrected chi connectivity index (χ1v) is 7.66. The molecule has 3 rings (SSSR count). The number of rotatable bonds is 4. The zero-order valence-electron chi connectivity index (χ0n) is 12.9. The zero-order valence-corrected chi connectivity index (χ0v) is 12.9. The van der Waals surface area contributed by atoms with Crippen LogP contribution in [0.25, 0.3) is 10.9 Å². The SMILES string of the molecule is CN(C)CC1CCCN1Cc1cc(N)c2ccccc2n1. The third-order valence-corrected chi connectivity index (χ3v) is 4.24. The van der Waals surface area contributed by atoms with Crippen molar-refractivity contribution >= 4 is 16.6 Å². The van der Waals surface area contributed by atoms with Crippen molar-refractivity contribution in [2.24, 2.45) is 0 Å². The van der Waals surface area contributed by atoms with E-state index >= 15 is 0 Å². The lowest BCUT2D eigenvalue weighted by Gasteiger charge is -2.26. The van der Waals surface area contributed by atoms with Gasteiger partial charge >= 0.3 is 0 Å². The summed E-state index contributed by atoms with van der Waals surface area (Å²) in [5, 5.41) is 1.05. The topological polar surface area (TPSA) is 45.4 Å². The molecule has 2 N–H and O–H groups in total. The van der Waals surface area contributed by atoms with Crippen LogP contribution in [0.1, 0.15) is 18.5 Å². The normalized spacial score (nSPS) is 19.7. The van der Waals surface area contributed by atoms with Crippen LogP contribution in [0.2, 0.25) is 0 Å². The summed E-state index contributed by atoms with van der Waals surface area (Å²) in [6, 6.07) is 10.8. The summed E-state index contributed by atoms with van der Waals surface area (Å²) in [7, 11) is 4.28. The molecule has 0 amide bonds. The Bertz CT molecular complexity index is 623. The van der Waals surface area contributed by atoms with E-state index in [-0.39, 0.29) is 0 Å². The number of fused-ring (bicyclic) bond motifs is 1. The first-order valence-electron chi connectivity index (χ1n) is 7.66. The van der Waals surface area contributed by atoms with Crippen LogP contribution in [0.5, 0.6) is 0 Å². The van der Waals surface area contributed by atoms with Gasteiger partial charge in [0.25, 0.3) is 0 Å². The molecule has 1 atom stereocenters. The Morgan fingerprint density at radius 3 is 2.95 bits per heavy atom. The summed E-state index contributed by atoms with van der Waals surface area (Å²) >= 11 is 0. The molecule has 1 aromatic carbocycles. The first-order chi connectivity index (χ1) is 10.1. The molecule has 4 heteroatoms. The molecule has 2 aromatic rings. The van der Waals surface area contributed by atoms with E-state index in [0.717, 1.165) is 41.9 Å². The molecule has 0 aliphatic carbocycles. The first kappa shape index (κ1) is 14.3. The molecule has 0 bridgehead atoms. The largest absolute Gasteiger partial charge is 0.398 e. The minimum atomic E-state index is 0.634. The lowest BCUT2D eigenvalue weighted by Crippen LogP contribution is -2.37. The Labute approximate surface area is 126 Å². The molecule has 4 nitrogen and oxygen atoms in total. The van der Waals surface area contributed by atoms with Crippen LogP contribution in [0.4, 0.5) is 5.69 Å². The summed E-state index contributed by atoms with van der Waals surface area (Å²) < 4.78 is 0. The molecule has 1 fully saturated rings. The van der Waals surface area contributed by atoms with E-state index < -0.39 is 0 Å². The third kappa shape index (κ3) is 3.17. The molecule has 0 radical (unpaired) electrons. The minimum Gasteiger partial charge on any atom is -0.398 e. The zero-order chi connectivity index (χ0) is 14.8. The van der Waals surface area contributed by atoms with E-state index in [1.54, 1.807) is 0 Å². The van der Waals surface area contributed by atoms with Gasteiger partial charge < -0.3 is 10.6 Å². The van der Waals surface area contributed by atoms with E-state index in [9.17, 15) is 0 Å². The van der Waals surface area contributed by atoms with Crippen molar-refractivity contribution in [2.45, 2.75) is 25.4 Å². The number of hydrogen-bond acceptors (Lipinski definition) is 4. The maximum atomic E-state index is 6.18. The molecule has 0 spiro atoms. The van der Waals surface area contributed by atoms with E-state index in [4.69, 9.17) is 10.7 Å². The highest BCUT2D eigenvalue weighted by atomic mass is 15.2. The van der Waals surface area contributed by atoms with Crippen LogP contribution < -0.4 is 5.73 Å². The van der Waals surface area contributed by atoms with Gasteiger partial charge in [-0.15, -0.1) is 0 Å². The number of likely N-dealkylation sites (N-methyl/N-ethyl adjacent to an activating group) is 1. The maximum absolute atomic E-state index is 6.18. The molecular formula is C17H24N4. The second-order valence-corrected chi connectivity index (χ2v) is 6.25. The van der Waals surface area contributed by atoms with E-state index in [2.05, 4.69) is 23.9 Å². The third-order valence-electron chi connectivity index (χ3n) is 4.24. The number of nitrogen functional groups attached to an aromatic ring is 1. The van der Waals surface area contributed by atoms with E-state index in [1.807, 2.05) is 30.3 Å². The number of hydrogen-bond donors (Lipinski definition) is 1. The quantitative estimate of drug-likeness (QED) is 0.936. The Morgan fingerprint density at radius 2 is 2.14 bits per heavy atom. The molecule has 21 heavy (non-hydrogen) atoms. The van der Waals surface area contributed by atoms with Gasteiger partial charge in [0.15, 0.2) is 0 Å². The van der Waals surface area contributed by atoms with Gasteiger partial charge in [-0.05, 0) is 45.6 Å². The Kier molecular flexibility index (Phi) is 4.08. The van der Waals surface area contributed by atoms with Crippen LogP contribution in [-0.2, 0) is 6.54 Å². The number of nitrogens with two attached hydrogens (primary N) is 1. The molecule has 1 aliphatic rings. The number of likely N-dealkylation sites (tertiary alicyclic amines) is 1. The Balaban J connectivity index is 1.81. The van der Waals surface area contributed by atoms with Crippen LogP contribution in [0.3, 0.4) is 0 Å². The molecule has 1 saturated heterocycles. The van der Waals surface area contributed by atoms with Crippen molar-refractivity contribution in [3.8, 4) is 0 Å². The maximum Gasteiger partial charge on any atom is 0.0726 e. The molecule has 1 aliphatic heterocycles. The average molecular weight is 284 g/mol. The van der Waals surface area contributed by atoms with Gasteiger partial charge in [0.05, 0.1) is 11.2 Å². The van der Waals surface area contributed by atoms with E-state index in [1.165, 1.54) is 12.8 Å². The standard InChI is InChI=1S/C17H24N4/c1-20(2)12-14-6-5-9-21(14)11-13-10-16(18)15-7-3-4-8-17(15)19-13/h3-4,7-8,10,14H,5-6,9,11-12H2,1-2H3,(H2,18,19). The molecule has 1 aromatic heterocycles. The molecule has 1 unspecified atom stereocenters. The summed E-state index contributed by atoms with van der Waals surface area (Å²) in [6.45, 7) is 3.17. The number of pyridine rings is 1. The summed E-state index contributed by atoms with van der Waals surface area (Å²) in [5.74, 6) is 0. The number of anilines is 1. The molecule has 0 saturated carbocycles. The van der Waals surface area contributed by atoms with Gasteiger partial charge in [-0.3, -0.25) is 9.88 Å². The molecule has 2 heterocycles. The smallest absolute Gasteiger partial charge is 0.0726 e. The van der Waals surface area contributed by atoms with Gasteiger partial charge in [0.2, 0.25) is 0 Å². The molecular weight excluding hydrogens is 260 g/mol. The van der Waals surface area contributed by atoms with Gasteiger partial charge in [-0.25, -0.2) is 0 Å². The fourth-order valence-electron chi connectivity index (χ4n) is 3.28. The van der Waals surface area contributed by atoms with Crippen LogP contribution >= 0.6 is 0 Å². The van der Waals surface area contributed by atoms with Gasteiger partial charge in [-0.2, -0.15) is 0 Å².